The molecule has 0 aromatic heterocycles. The van der Waals surface area contributed by atoms with E-state index in [0.717, 1.165) is 18.0 Å². The molecule has 84 valence electrons. The summed E-state index contributed by atoms with van der Waals surface area (Å²) in [6, 6.07) is 8.28. The Morgan fingerprint density at radius 1 is 1.44 bits per heavy atom. The monoisotopic (exact) mass is 216 g/mol. The fraction of sp³-hybridized carbons (Fsp3) is 0.385. The van der Waals surface area contributed by atoms with Gasteiger partial charge in [-0.15, -0.1) is 0 Å². The molecule has 1 aromatic carbocycles. The molecule has 1 aromatic rings. The number of benzene rings is 1. The summed E-state index contributed by atoms with van der Waals surface area (Å²) < 4.78 is 6.03. The smallest absolute Gasteiger partial charge is 0.179 e. The van der Waals surface area contributed by atoms with Gasteiger partial charge in [-0.05, 0) is 19.1 Å². The van der Waals surface area contributed by atoms with Crippen molar-refractivity contribution in [2.24, 2.45) is 0 Å². The molecule has 2 N–H and O–H groups in total. The van der Waals surface area contributed by atoms with Crippen LogP contribution in [0.15, 0.2) is 36.2 Å². The Morgan fingerprint density at radius 3 is 3.06 bits per heavy atom. The molecule has 0 saturated carbocycles. The zero-order chi connectivity index (χ0) is 11.2. The number of allylic oxidation sites excluding steroid dienone is 1. The predicted molar refractivity (Wildman–Crippen MR) is 63.1 cm³/mol. The van der Waals surface area contributed by atoms with Crippen molar-refractivity contribution < 1.29 is 4.74 Å². The summed E-state index contributed by atoms with van der Waals surface area (Å²) >= 11 is 0. The predicted octanol–water partition coefficient (Wildman–Crippen LogP) is 1.93. The van der Waals surface area contributed by atoms with Gasteiger partial charge in [0.05, 0.1) is 5.82 Å². The van der Waals surface area contributed by atoms with Crippen LogP contribution in [0.3, 0.4) is 0 Å². The van der Waals surface area contributed by atoms with Gasteiger partial charge in [0.1, 0.15) is 5.75 Å². The van der Waals surface area contributed by atoms with E-state index in [0.29, 0.717) is 5.92 Å². The van der Waals surface area contributed by atoms with Crippen LogP contribution in [0.2, 0.25) is 0 Å². The molecule has 2 heterocycles. The van der Waals surface area contributed by atoms with Crippen molar-refractivity contribution in [1.29, 1.82) is 0 Å². The quantitative estimate of drug-likeness (QED) is 0.752. The second kappa shape index (κ2) is 3.17. The Hall–Kier alpha value is -1.64. The molecule has 0 amide bonds. The zero-order valence-electron chi connectivity index (χ0n) is 9.58. The third-order valence-corrected chi connectivity index (χ3v) is 3.30. The van der Waals surface area contributed by atoms with Crippen molar-refractivity contribution in [1.82, 2.24) is 10.6 Å². The van der Waals surface area contributed by atoms with Crippen LogP contribution in [0, 0.1) is 0 Å². The maximum Gasteiger partial charge on any atom is 0.179 e. The fourth-order valence-electron chi connectivity index (χ4n) is 2.59. The molecule has 0 saturated heterocycles. The lowest BCUT2D eigenvalue weighted by atomic mass is 9.85. The van der Waals surface area contributed by atoms with Gasteiger partial charge in [0.15, 0.2) is 5.72 Å². The number of hydrogen-bond acceptors (Lipinski definition) is 3. The van der Waals surface area contributed by atoms with E-state index in [1.54, 1.807) is 0 Å². The Kier molecular flexibility index (Phi) is 1.90. The minimum Gasteiger partial charge on any atom is -0.468 e. The van der Waals surface area contributed by atoms with E-state index in [4.69, 9.17) is 4.74 Å². The number of fused-ring (bicyclic) bond motifs is 4. The summed E-state index contributed by atoms with van der Waals surface area (Å²) in [5, 5.41) is 6.54. The number of hydrogen-bond donors (Lipinski definition) is 2. The summed E-state index contributed by atoms with van der Waals surface area (Å²) in [4.78, 5) is 0. The molecule has 2 aliphatic rings. The number of rotatable bonds is 1. The minimum atomic E-state index is -0.286. The molecular weight excluding hydrogens is 200 g/mol. The summed E-state index contributed by atoms with van der Waals surface area (Å²) in [5.74, 6) is 2.49. The molecule has 3 heteroatoms. The number of nitrogens with one attached hydrogen (secondary N) is 2. The number of para-hydroxylation sites is 1. The van der Waals surface area contributed by atoms with Crippen molar-refractivity contribution in [3.8, 4) is 5.75 Å². The van der Waals surface area contributed by atoms with Gasteiger partial charge >= 0.3 is 0 Å². The molecule has 2 unspecified atom stereocenters. The van der Waals surface area contributed by atoms with Crippen LogP contribution in [0.4, 0.5) is 0 Å². The highest BCUT2D eigenvalue weighted by molar-refractivity contribution is 5.43. The molecular formula is C13H16N2O. The molecule has 16 heavy (non-hydrogen) atoms. The first kappa shape index (κ1) is 9.58. The lowest BCUT2D eigenvalue weighted by Gasteiger charge is -2.44. The fourth-order valence-corrected chi connectivity index (χ4v) is 2.59. The van der Waals surface area contributed by atoms with E-state index >= 15 is 0 Å². The van der Waals surface area contributed by atoms with Crippen molar-refractivity contribution >= 4 is 0 Å². The summed E-state index contributed by atoms with van der Waals surface area (Å²) in [7, 11) is 1.93. The lowest BCUT2D eigenvalue weighted by molar-refractivity contribution is 0.0257. The van der Waals surface area contributed by atoms with Crippen molar-refractivity contribution in [3.63, 3.8) is 0 Å². The van der Waals surface area contributed by atoms with Crippen LogP contribution in [0.5, 0.6) is 5.75 Å². The maximum absolute atomic E-state index is 6.03. The molecule has 3 rings (SSSR count). The van der Waals surface area contributed by atoms with Crippen molar-refractivity contribution in [3.05, 3.63) is 41.7 Å². The van der Waals surface area contributed by atoms with Crippen LogP contribution in [-0.4, -0.2) is 12.8 Å². The maximum atomic E-state index is 6.03. The van der Waals surface area contributed by atoms with Gasteiger partial charge < -0.3 is 15.4 Å². The zero-order valence-corrected chi connectivity index (χ0v) is 9.58. The van der Waals surface area contributed by atoms with E-state index < -0.39 is 0 Å². The molecule has 3 nitrogen and oxygen atoms in total. The first-order valence-corrected chi connectivity index (χ1v) is 5.66. The second-order valence-electron chi connectivity index (χ2n) is 4.64. The van der Waals surface area contributed by atoms with Gasteiger partial charge in [-0.1, -0.05) is 18.2 Å². The van der Waals surface area contributed by atoms with Crippen LogP contribution < -0.4 is 15.4 Å². The van der Waals surface area contributed by atoms with Gasteiger partial charge in [-0.2, -0.15) is 0 Å². The average Bonchev–Trinajstić information content (AvgIpc) is 2.27. The SMILES string of the molecule is CNC1=CC2CC(C)(N1)Oc1ccccc12. The van der Waals surface area contributed by atoms with E-state index in [-0.39, 0.29) is 5.72 Å². The summed E-state index contributed by atoms with van der Waals surface area (Å²) in [6.45, 7) is 2.10. The number of ether oxygens (including phenoxy) is 1. The summed E-state index contributed by atoms with van der Waals surface area (Å²) in [5.41, 5.74) is 1.00. The normalized spacial score (nSPS) is 30.6. The topological polar surface area (TPSA) is 33.3 Å². The molecule has 2 atom stereocenters. The lowest BCUT2D eigenvalue weighted by Crippen LogP contribution is -2.54. The highest BCUT2D eigenvalue weighted by atomic mass is 16.5. The van der Waals surface area contributed by atoms with Crippen molar-refractivity contribution in [2.45, 2.75) is 25.0 Å². The standard InChI is InChI=1S/C13H16N2O/c1-13-8-9(7-12(14-2)15-13)10-5-3-4-6-11(10)16-13/h3-7,9,14-15H,8H2,1-2H3. The Morgan fingerprint density at radius 2 is 2.25 bits per heavy atom. The van der Waals surface area contributed by atoms with Crippen LogP contribution in [-0.2, 0) is 0 Å². The van der Waals surface area contributed by atoms with Gasteiger partial charge in [-0.3, -0.25) is 0 Å². The third-order valence-electron chi connectivity index (χ3n) is 3.30. The highest BCUT2D eigenvalue weighted by Crippen LogP contribution is 2.43. The van der Waals surface area contributed by atoms with E-state index in [1.165, 1.54) is 5.56 Å². The van der Waals surface area contributed by atoms with Gasteiger partial charge in [0.2, 0.25) is 0 Å². The van der Waals surface area contributed by atoms with Crippen LogP contribution >= 0.6 is 0 Å². The van der Waals surface area contributed by atoms with E-state index in [1.807, 2.05) is 19.2 Å². The van der Waals surface area contributed by atoms with Crippen LogP contribution in [0.25, 0.3) is 0 Å². The molecule has 0 radical (unpaired) electrons. The molecule has 0 fully saturated rings. The highest BCUT2D eigenvalue weighted by Gasteiger charge is 2.39. The van der Waals surface area contributed by atoms with Gasteiger partial charge in [0.25, 0.3) is 0 Å². The largest absolute Gasteiger partial charge is 0.468 e. The Labute approximate surface area is 95.5 Å². The Balaban J connectivity index is 2.10. The first-order valence-electron chi connectivity index (χ1n) is 5.66. The molecule has 2 aliphatic heterocycles. The first-order chi connectivity index (χ1) is 7.70. The third kappa shape index (κ3) is 1.35. The molecule has 2 bridgehead atoms. The Bertz CT molecular complexity index is 455. The van der Waals surface area contributed by atoms with Crippen LogP contribution in [0.1, 0.15) is 24.8 Å². The van der Waals surface area contributed by atoms with Crippen molar-refractivity contribution in [2.75, 3.05) is 7.05 Å². The minimum absolute atomic E-state index is 0.286. The van der Waals surface area contributed by atoms with Gasteiger partial charge in [-0.25, -0.2) is 0 Å². The summed E-state index contributed by atoms with van der Waals surface area (Å²) in [6.07, 6.45) is 3.22. The second-order valence-corrected chi connectivity index (χ2v) is 4.64. The van der Waals surface area contributed by atoms with Gasteiger partial charge in [0, 0.05) is 24.9 Å². The molecule has 0 aliphatic carbocycles. The van der Waals surface area contributed by atoms with E-state index in [9.17, 15) is 0 Å². The van der Waals surface area contributed by atoms with E-state index in [2.05, 4.69) is 35.8 Å². The average molecular weight is 216 g/mol. The molecule has 0 spiro atoms.